The van der Waals surface area contributed by atoms with Crippen LogP contribution >= 0.6 is 73.3 Å². The average Bonchev–Trinajstić information content (AvgIpc) is 1.96. The minimum atomic E-state index is -0.417. The molecule has 0 amide bonds. The summed E-state index contributed by atoms with van der Waals surface area (Å²) in [5.74, 6) is -0.417. The summed E-state index contributed by atoms with van der Waals surface area (Å²) < 4.78 is 15.4. The molecular formula is C6H2BrClFI2N. The van der Waals surface area contributed by atoms with Crippen LogP contribution in [-0.2, 0) is 0 Å². The zero-order valence-electron chi connectivity index (χ0n) is 5.49. The number of anilines is 1. The zero-order valence-corrected chi connectivity index (χ0v) is 12.1. The summed E-state index contributed by atoms with van der Waals surface area (Å²) in [6, 6.07) is 3.09. The number of hydrogen-bond donors (Lipinski definition) is 0. The van der Waals surface area contributed by atoms with Gasteiger partial charge in [0, 0.05) is 4.47 Å². The van der Waals surface area contributed by atoms with Gasteiger partial charge in [-0.15, -0.1) is 0 Å². The van der Waals surface area contributed by atoms with Crippen LogP contribution in [0.4, 0.5) is 10.1 Å². The highest BCUT2D eigenvalue weighted by Crippen LogP contribution is 2.35. The van der Waals surface area contributed by atoms with E-state index in [2.05, 4.69) is 15.9 Å². The molecule has 0 bridgehead atoms. The molecule has 0 unspecified atom stereocenters. The van der Waals surface area contributed by atoms with Gasteiger partial charge in [-0.05, 0) is 12.1 Å². The van der Waals surface area contributed by atoms with E-state index < -0.39 is 5.82 Å². The molecule has 0 aliphatic heterocycles. The Hall–Kier alpha value is 1.18. The zero-order chi connectivity index (χ0) is 9.30. The first kappa shape index (κ1) is 11.3. The monoisotopic (exact) mass is 475 g/mol. The topological polar surface area (TPSA) is 3.24 Å². The number of halogens is 5. The second-order valence-corrected chi connectivity index (χ2v) is 7.02. The summed E-state index contributed by atoms with van der Waals surface area (Å²) in [5, 5.41) is 0.141. The molecule has 0 aliphatic rings. The van der Waals surface area contributed by atoms with Gasteiger partial charge in [0.2, 0.25) is 0 Å². The SMILES string of the molecule is Fc1cc(Br)cc(N(I)I)c1Cl. The number of benzene rings is 1. The van der Waals surface area contributed by atoms with E-state index in [1.807, 2.05) is 45.7 Å². The lowest BCUT2D eigenvalue weighted by molar-refractivity contribution is 0.628. The standard InChI is InChI=1S/C6H2BrClFI2N/c7-3-1-4(9)6(8)5(2-3)12(10)11/h1-2H. The molecule has 0 saturated heterocycles. The van der Waals surface area contributed by atoms with E-state index in [4.69, 9.17) is 11.6 Å². The van der Waals surface area contributed by atoms with Gasteiger partial charge in [-0.3, -0.25) is 1.33 Å². The summed E-state index contributed by atoms with van der Waals surface area (Å²) in [7, 11) is 0. The van der Waals surface area contributed by atoms with Crippen molar-refractivity contribution in [2.24, 2.45) is 0 Å². The molecule has 0 spiro atoms. The Kier molecular flexibility index (Phi) is 4.32. The third-order valence-corrected chi connectivity index (χ3v) is 3.03. The molecule has 0 radical (unpaired) electrons. The molecule has 1 rings (SSSR count). The van der Waals surface area contributed by atoms with Crippen LogP contribution in [0.5, 0.6) is 0 Å². The third-order valence-electron chi connectivity index (χ3n) is 1.16. The Balaban J connectivity index is 3.28. The Morgan fingerprint density at radius 1 is 1.42 bits per heavy atom. The molecule has 0 atom stereocenters. The van der Waals surface area contributed by atoms with Crippen molar-refractivity contribution in [3.63, 3.8) is 0 Å². The average molecular weight is 476 g/mol. The second kappa shape index (κ2) is 4.61. The first-order valence-corrected chi connectivity index (χ1v) is 5.88. The van der Waals surface area contributed by atoms with Gasteiger partial charge in [-0.2, -0.15) is 0 Å². The Morgan fingerprint density at radius 3 is 2.50 bits per heavy atom. The van der Waals surface area contributed by atoms with Crippen LogP contribution in [0, 0.1) is 5.82 Å². The highest BCUT2D eigenvalue weighted by Gasteiger charge is 2.10. The van der Waals surface area contributed by atoms with Gasteiger partial charge in [-0.1, -0.05) is 27.5 Å². The van der Waals surface area contributed by atoms with Crippen LogP contribution in [0.25, 0.3) is 0 Å². The molecule has 66 valence electrons. The fourth-order valence-electron chi connectivity index (χ4n) is 0.665. The van der Waals surface area contributed by atoms with E-state index >= 15 is 0 Å². The predicted octanol–water partition coefficient (Wildman–Crippen LogP) is 4.75. The van der Waals surface area contributed by atoms with Gasteiger partial charge in [-0.25, -0.2) is 4.39 Å². The number of nitrogens with zero attached hydrogens (tertiary/aromatic N) is 1. The first-order chi connectivity index (χ1) is 5.52. The number of hydrogen-bond acceptors (Lipinski definition) is 1. The third kappa shape index (κ3) is 2.58. The van der Waals surface area contributed by atoms with E-state index in [0.29, 0.717) is 10.2 Å². The molecule has 0 aliphatic carbocycles. The van der Waals surface area contributed by atoms with Gasteiger partial charge < -0.3 is 0 Å². The van der Waals surface area contributed by atoms with E-state index in [1.54, 1.807) is 7.39 Å². The molecule has 0 fully saturated rings. The quantitative estimate of drug-likeness (QED) is 0.322. The lowest BCUT2D eigenvalue weighted by Crippen LogP contribution is -1.92. The van der Waals surface area contributed by atoms with Gasteiger partial charge >= 0.3 is 0 Å². The van der Waals surface area contributed by atoms with Gasteiger partial charge in [0.05, 0.1) is 51.4 Å². The summed E-state index contributed by atoms with van der Waals surface area (Å²) in [4.78, 5) is 0. The maximum Gasteiger partial charge on any atom is 0.145 e. The Bertz CT molecular complexity index is 308. The van der Waals surface area contributed by atoms with Crippen LogP contribution in [0.1, 0.15) is 0 Å². The maximum absolute atomic E-state index is 13.0. The molecule has 0 heterocycles. The summed E-state index contributed by atoms with van der Waals surface area (Å²) in [6.07, 6.45) is 0. The predicted molar refractivity (Wildman–Crippen MR) is 69.6 cm³/mol. The van der Waals surface area contributed by atoms with Crippen molar-refractivity contribution >= 4 is 78.9 Å². The van der Waals surface area contributed by atoms with Crippen molar-refractivity contribution in [2.45, 2.75) is 0 Å². The van der Waals surface area contributed by atoms with Crippen molar-refractivity contribution < 1.29 is 4.39 Å². The van der Waals surface area contributed by atoms with Gasteiger partial charge in [0.25, 0.3) is 0 Å². The minimum Gasteiger partial charge on any atom is -0.253 e. The van der Waals surface area contributed by atoms with Crippen LogP contribution in [0.15, 0.2) is 16.6 Å². The van der Waals surface area contributed by atoms with Crippen molar-refractivity contribution in [2.75, 3.05) is 1.33 Å². The molecule has 1 nitrogen and oxygen atoms in total. The largest absolute Gasteiger partial charge is 0.253 e. The van der Waals surface area contributed by atoms with Crippen molar-refractivity contribution in [1.82, 2.24) is 0 Å². The van der Waals surface area contributed by atoms with E-state index in [0.717, 1.165) is 0 Å². The first-order valence-electron chi connectivity index (χ1n) is 2.78. The Labute approximate surface area is 111 Å². The van der Waals surface area contributed by atoms with Crippen LogP contribution < -0.4 is 1.33 Å². The smallest absolute Gasteiger partial charge is 0.145 e. The lowest BCUT2D eigenvalue weighted by Gasteiger charge is -2.10. The molecule has 0 N–H and O–H groups in total. The van der Waals surface area contributed by atoms with Crippen molar-refractivity contribution in [3.8, 4) is 0 Å². The Morgan fingerprint density at radius 2 is 2.00 bits per heavy atom. The van der Waals surface area contributed by atoms with E-state index in [-0.39, 0.29) is 5.02 Å². The summed E-state index contributed by atoms with van der Waals surface area (Å²) in [5.41, 5.74) is 0.643. The van der Waals surface area contributed by atoms with E-state index in [9.17, 15) is 4.39 Å². The molecule has 6 heteroatoms. The molecule has 1 aromatic rings. The molecule has 0 saturated carbocycles. The molecule has 0 aromatic heterocycles. The highest BCUT2D eigenvalue weighted by atomic mass is 127. The fourth-order valence-corrected chi connectivity index (χ4v) is 2.32. The van der Waals surface area contributed by atoms with Crippen molar-refractivity contribution in [3.05, 3.63) is 27.4 Å². The maximum atomic E-state index is 13.0. The lowest BCUT2D eigenvalue weighted by atomic mass is 10.3. The van der Waals surface area contributed by atoms with Crippen LogP contribution in [-0.4, -0.2) is 0 Å². The summed E-state index contributed by atoms with van der Waals surface area (Å²) >= 11 is 12.9. The van der Waals surface area contributed by atoms with Gasteiger partial charge in [0.1, 0.15) is 10.8 Å². The summed E-state index contributed by atoms with van der Waals surface area (Å²) in [6.45, 7) is 0. The van der Waals surface area contributed by atoms with E-state index in [1.165, 1.54) is 6.07 Å². The van der Waals surface area contributed by atoms with Crippen molar-refractivity contribution in [1.29, 1.82) is 0 Å². The normalized spacial score (nSPS) is 10.1. The fraction of sp³-hybridized carbons (Fsp3) is 0. The van der Waals surface area contributed by atoms with Crippen LogP contribution in [0.2, 0.25) is 5.02 Å². The molecular weight excluding hydrogens is 474 g/mol. The second-order valence-electron chi connectivity index (χ2n) is 1.95. The highest BCUT2D eigenvalue weighted by molar-refractivity contribution is 14.2. The number of rotatable bonds is 1. The van der Waals surface area contributed by atoms with Crippen LogP contribution in [0.3, 0.4) is 0 Å². The minimum absolute atomic E-state index is 0.141. The van der Waals surface area contributed by atoms with Gasteiger partial charge in [0.15, 0.2) is 0 Å². The molecule has 12 heavy (non-hydrogen) atoms. The molecule has 1 aromatic carbocycles.